The summed E-state index contributed by atoms with van der Waals surface area (Å²) >= 11 is 0. The van der Waals surface area contributed by atoms with Gasteiger partial charge in [0.2, 0.25) is 0 Å². The predicted molar refractivity (Wildman–Crippen MR) is 92.6 cm³/mol. The highest BCUT2D eigenvalue weighted by Gasteiger charge is 2.57. The average Bonchev–Trinajstić information content (AvgIpc) is 3.01. The number of carbonyl (C=O) groups is 1. The van der Waals surface area contributed by atoms with Crippen LogP contribution < -0.4 is 5.32 Å². The first-order chi connectivity index (χ1) is 12.0. The molecule has 4 atom stereocenters. The van der Waals surface area contributed by atoms with Crippen molar-refractivity contribution >= 4 is 17.0 Å². The number of aliphatic hydroxyl groups excluding tert-OH is 1. The van der Waals surface area contributed by atoms with Gasteiger partial charge in [-0.2, -0.15) is 5.10 Å². The maximum absolute atomic E-state index is 12.3. The largest absolute Gasteiger partial charge is 0.390 e. The molecule has 0 aliphatic heterocycles. The fraction of sp³-hybridized carbons (Fsp3) is 0.579. The molecule has 132 valence electrons. The van der Waals surface area contributed by atoms with Crippen molar-refractivity contribution in [3.8, 4) is 0 Å². The Morgan fingerprint density at radius 3 is 2.76 bits per heavy atom. The van der Waals surface area contributed by atoms with Crippen molar-refractivity contribution in [3.05, 3.63) is 30.1 Å². The Bertz CT molecular complexity index is 845. The fourth-order valence-corrected chi connectivity index (χ4v) is 6.05. The van der Waals surface area contributed by atoms with E-state index in [0.29, 0.717) is 17.4 Å². The molecule has 0 saturated heterocycles. The monoisotopic (exact) mass is 341 g/mol. The molecule has 4 fully saturated rings. The van der Waals surface area contributed by atoms with Crippen LogP contribution >= 0.6 is 0 Å². The van der Waals surface area contributed by atoms with Crippen molar-refractivity contribution < 1.29 is 15.0 Å². The van der Waals surface area contributed by atoms with Crippen LogP contribution in [0.5, 0.6) is 0 Å². The number of nitrogens with one attached hydrogen (secondary N) is 1. The summed E-state index contributed by atoms with van der Waals surface area (Å²) < 4.78 is 1.74. The average molecular weight is 341 g/mol. The minimum absolute atomic E-state index is 0.171. The summed E-state index contributed by atoms with van der Waals surface area (Å²) in [6.45, 7) is -0.532. The van der Waals surface area contributed by atoms with Crippen molar-refractivity contribution in [3.63, 3.8) is 0 Å². The summed E-state index contributed by atoms with van der Waals surface area (Å²) in [5, 5.41) is 28.3. The standard InChI is InChI=1S/C19H23N3O3/c23-10-16(24)14-9-20-22-3-1-2-15(22)17(14)21-18-5-12-4-13(6-18)8-19(25,7-12)11-18/h1-3,9,12-13,21,23,25H,4-8,10-11H2/t12-,13+,18+,19?. The molecule has 4 aliphatic carbocycles. The molecular formula is C19H23N3O3. The van der Waals surface area contributed by atoms with E-state index >= 15 is 0 Å². The molecular weight excluding hydrogens is 318 g/mol. The van der Waals surface area contributed by atoms with Gasteiger partial charge in [-0.15, -0.1) is 0 Å². The van der Waals surface area contributed by atoms with Crippen LogP contribution in [-0.4, -0.2) is 43.4 Å². The molecule has 6 heteroatoms. The number of anilines is 1. The molecule has 6 rings (SSSR count). The lowest BCUT2D eigenvalue weighted by molar-refractivity contribution is -0.127. The Hall–Kier alpha value is -1.92. The first-order valence-corrected chi connectivity index (χ1v) is 9.10. The Morgan fingerprint density at radius 2 is 2.08 bits per heavy atom. The number of carbonyl (C=O) groups excluding carboxylic acids is 1. The molecule has 1 unspecified atom stereocenters. The quantitative estimate of drug-likeness (QED) is 0.741. The summed E-state index contributed by atoms with van der Waals surface area (Å²) in [6.07, 6.45) is 9.21. The van der Waals surface area contributed by atoms with Crippen molar-refractivity contribution in [2.75, 3.05) is 11.9 Å². The number of ketones is 1. The number of hydrogen-bond donors (Lipinski definition) is 3. The number of nitrogens with zero attached hydrogens (tertiary/aromatic N) is 2. The molecule has 0 aromatic carbocycles. The van der Waals surface area contributed by atoms with Gasteiger partial charge in [-0.25, -0.2) is 4.52 Å². The maximum Gasteiger partial charge on any atom is 0.191 e. The summed E-state index contributed by atoms with van der Waals surface area (Å²) in [5.41, 5.74) is 1.27. The summed E-state index contributed by atoms with van der Waals surface area (Å²) in [7, 11) is 0. The van der Waals surface area contributed by atoms with Crippen LogP contribution in [0.2, 0.25) is 0 Å². The highest BCUT2D eigenvalue weighted by Crippen LogP contribution is 2.58. The van der Waals surface area contributed by atoms with E-state index in [1.54, 1.807) is 4.52 Å². The molecule has 2 aromatic heterocycles. The summed E-state index contributed by atoms with van der Waals surface area (Å²) in [6, 6.07) is 3.83. The van der Waals surface area contributed by atoms with Gasteiger partial charge < -0.3 is 15.5 Å². The molecule has 2 aromatic rings. The zero-order valence-electron chi connectivity index (χ0n) is 14.1. The van der Waals surface area contributed by atoms with Gasteiger partial charge >= 0.3 is 0 Å². The van der Waals surface area contributed by atoms with E-state index in [-0.39, 0.29) is 11.3 Å². The van der Waals surface area contributed by atoms with Crippen LogP contribution in [0, 0.1) is 11.8 Å². The van der Waals surface area contributed by atoms with Crippen LogP contribution in [0.25, 0.3) is 5.52 Å². The van der Waals surface area contributed by atoms with Crippen LogP contribution in [0.3, 0.4) is 0 Å². The van der Waals surface area contributed by atoms with Gasteiger partial charge in [0.25, 0.3) is 0 Å². The molecule has 4 bridgehead atoms. The summed E-state index contributed by atoms with van der Waals surface area (Å²) in [5.74, 6) is 0.780. The van der Waals surface area contributed by atoms with Gasteiger partial charge in [-0.3, -0.25) is 4.79 Å². The first-order valence-electron chi connectivity index (χ1n) is 9.10. The Kier molecular flexibility index (Phi) is 3.10. The van der Waals surface area contributed by atoms with Crippen molar-refractivity contribution in [2.45, 2.75) is 49.7 Å². The molecule has 4 saturated carbocycles. The third-order valence-corrected chi connectivity index (χ3v) is 6.43. The van der Waals surface area contributed by atoms with Crippen molar-refractivity contribution in [1.82, 2.24) is 9.61 Å². The van der Waals surface area contributed by atoms with Crippen LogP contribution in [0.15, 0.2) is 24.5 Å². The smallest absolute Gasteiger partial charge is 0.191 e. The topological polar surface area (TPSA) is 86.9 Å². The number of aliphatic hydroxyl groups is 2. The Morgan fingerprint density at radius 1 is 1.32 bits per heavy atom. The number of fused-ring (bicyclic) bond motifs is 1. The van der Waals surface area contributed by atoms with Crippen molar-refractivity contribution in [2.24, 2.45) is 11.8 Å². The van der Waals surface area contributed by atoms with Gasteiger partial charge in [0, 0.05) is 11.7 Å². The third kappa shape index (κ3) is 2.31. The zero-order valence-corrected chi connectivity index (χ0v) is 14.1. The Labute approximate surface area is 145 Å². The van der Waals surface area contributed by atoms with Crippen LogP contribution in [-0.2, 0) is 0 Å². The highest BCUT2D eigenvalue weighted by molar-refractivity contribution is 6.04. The molecule has 2 heterocycles. The molecule has 0 amide bonds. The van der Waals surface area contributed by atoms with Gasteiger partial charge in [0.05, 0.1) is 28.6 Å². The van der Waals surface area contributed by atoms with Gasteiger partial charge in [-0.1, -0.05) is 0 Å². The van der Waals surface area contributed by atoms with Gasteiger partial charge in [-0.05, 0) is 62.5 Å². The normalized spacial score (nSPS) is 36.1. The van der Waals surface area contributed by atoms with E-state index in [9.17, 15) is 15.0 Å². The maximum atomic E-state index is 12.3. The second-order valence-corrected chi connectivity index (χ2v) is 8.44. The fourth-order valence-electron chi connectivity index (χ4n) is 6.05. The lowest BCUT2D eigenvalue weighted by Gasteiger charge is -2.60. The molecule has 0 radical (unpaired) electrons. The highest BCUT2D eigenvalue weighted by atomic mass is 16.3. The molecule has 6 nitrogen and oxygen atoms in total. The van der Waals surface area contributed by atoms with E-state index in [1.807, 2.05) is 18.3 Å². The van der Waals surface area contributed by atoms with Crippen molar-refractivity contribution in [1.29, 1.82) is 0 Å². The minimum atomic E-state index is -0.566. The second kappa shape index (κ2) is 5.05. The van der Waals surface area contributed by atoms with E-state index in [1.165, 1.54) is 12.6 Å². The van der Waals surface area contributed by atoms with E-state index in [2.05, 4.69) is 10.4 Å². The third-order valence-electron chi connectivity index (χ3n) is 6.43. The lowest BCUT2D eigenvalue weighted by atomic mass is 9.51. The number of Topliss-reactive ketones (excluding diaryl/α,β-unsaturated/α-hetero) is 1. The lowest BCUT2D eigenvalue weighted by Crippen LogP contribution is -2.62. The molecule has 4 aliphatic rings. The second-order valence-electron chi connectivity index (χ2n) is 8.44. The molecule has 25 heavy (non-hydrogen) atoms. The van der Waals surface area contributed by atoms with E-state index in [0.717, 1.165) is 43.3 Å². The van der Waals surface area contributed by atoms with Gasteiger partial charge in [0.1, 0.15) is 6.61 Å². The first kappa shape index (κ1) is 15.3. The molecule has 3 N–H and O–H groups in total. The van der Waals surface area contributed by atoms with Crippen LogP contribution in [0.1, 0.15) is 48.9 Å². The van der Waals surface area contributed by atoms with E-state index in [4.69, 9.17) is 0 Å². The number of rotatable bonds is 4. The number of hydrogen-bond acceptors (Lipinski definition) is 5. The zero-order chi connectivity index (χ0) is 17.2. The minimum Gasteiger partial charge on any atom is -0.390 e. The van der Waals surface area contributed by atoms with E-state index < -0.39 is 12.2 Å². The predicted octanol–water partition coefficient (Wildman–Crippen LogP) is 2.00. The molecule has 0 spiro atoms. The SMILES string of the molecule is O=C(CO)c1cnn2cccc2c1N[C@@]12C[C@@H]3C[C@@H](CC(O)(C3)C1)C2. The number of aromatic nitrogens is 2. The summed E-state index contributed by atoms with van der Waals surface area (Å²) in [4.78, 5) is 12.3. The van der Waals surface area contributed by atoms with Crippen LogP contribution in [0.4, 0.5) is 5.69 Å². The van der Waals surface area contributed by atoms with Gasteiger partial charge in [0.15, 0.2) is 5.78 Å². The Balaban J connectivity index is 1.60.